The van der Waals surface area contributed by atoms with Crippen LogP contribution in [0.5, 0.6) is 11.5 Å². The summed E-state index contributed by atoms with van der Waals surface area (Å²) in [4.78, 5) is 13.2. The van der Waals surface area contributed by atoms with Crippen molar-refractivity contribution in [3.8, 4) is 11.5 Å². The Labute approximate surface area is 224 Å². The Morgan fingerprint density at radius 3 is 2.56 bits per heavy atom. The fourth-order valence-electron chi connectivity index (χ4n) is 9.30. The van der Waals surface area contributed by atoms with Gasteiger partial charge in [0.15, 0.2) is 5.79 Å². The summed E-state index contributed by atoms with van der Waals surface area (Å²) in [5.74, 6) is -1.09. The van der Waals surface area contributed by atoms with Crippen LogP contribution in [0.15, 0.2) is 18.2 Å². The van der Waals surface area contributed by atoms with Gasteiger partial charge in [-0.05, 0) is 61.5 Å². The van der Waals surface area contributed by atoms with Crippen LogP contribution >= 0.6 is 0 Å². The summed E-state index contributed by atoms with van der Waals surface area (Å²) in [7, 11) is -5.88. The van der Waals surface area contributed by atoms with Gasteiger partial charge in [0.2, 0.25) is 0 Å². The largest absolute Gasteiger partial charge is 0.534 e. The molecule has 1 N–H and O–H groups in total. The number of hydrogen-bond donors (Lipinski definition) is 1. The minimum Gasteiger partial charge on any atom is -0.483 e. The maximum atomic E-state index is 13.2. The summed E-state index contributed by atoms with van der Waals surface area (Å²) in [6, 6.07) is 3.93. The SMILES string of the molecule is C[C@]12C[C@@H]3c4ccc(OS(=O)(=O)C(F)(F)F)cc4O[C@]45CCC6(C[C@]4(O)CC[C@H]([C@H]35)[C@@H]1CCC2=O)OCCO6. The fourth-order valence-corrected chi connectivity index (χ4v) is 9.75. The molecule has 214 valence electrons. The first kappa shape index (κ1) is 26.0. The summed E-state index contributed by atoms with van der Waals surface area (Å²) in [6.45, 7) is 2.88. The zero-order valence-electron chi connectivity index (χ0n) is 21.5. The third kappa shape index (κ3) is 3.40. The second kappa shape index (κ2) is 7.89. The lowest BCUT2D eigenvalue weighted by atomic mass is 9.43. The second-order valence-electron chi connectivity index (χ2n) is 12.5. The Morgan fingerprint density at radius 1 is 1.10 bits per heavy atom. The Kier molecular flexibility index (Phi) is 5.27. The van der Waals surface area contributed by atoms with Crippen LogP contribution in [0.25, 0.3) is 0 Å². The van der Waals surface area contributed by atoms with Gasteiger partial charge in [-0.25, -0.2) is 0 Å². The zero-order valence-corrected chi connectivity index (χ0v) is 22.3. The van der Waals surface area contributed by atoms with Crippen molar-refractivity contribution < 1.29 is 49.9 Å². The summed E-state index contributed by atoms with van der Waals surface area (Å²) in [5, 5.41) is 12.4. The monoisotopic (exact) mass is 572 g/mol. The van der Waals surface area contributed by atoms with E-state index in [0.717, 1.165) is 6.42 Å². The lowest BCUT2D eigenvalue weighted by Crippen LogP contribution is -2.75. The number of carbonyl (C=O) groups excluding carboxylic acids is 1. The topological polar surface area (TPSA) is 108 Å². The molecule has 0 amide bonds. The van der Waals surface area contributed by atoms with Gasteiger partial charge in [-0.3, -0.25) is 4.79 Å². The van der Waals surface area contributed by atoms with E-state index in [1.807, 2.05) is 6.92 Å². The number of ether oxygens (including phenoxy) is 3. The highest BCUT2D eigenvalue weighted by molar-refractivity contribution is 7.88. The molecule has 0 unspecified atom stereocenters. The number of aliphatic hydroxyl groups is 1. The first-order valence-corrected chi connectivity index (χ1v) is 15.0. The van der Waals surface area contributed by atoms with E-state index >= 15 is 0 Å². The van der Waals surface area contributed by atoms with E-state index in [4.69, 9.17) is 14.2 Å². The van der Waals surface area contributed by atoms with Gasteiger partial charge in [0, 0.05) is 36.7 Å². The van der Waals surface area contributed by atoms with E-state index < -0.39 is 43.8 Å². The molecular weight excluding hydrogens is 541 g/mol. The molecule has 7 atom stereocenters. The third-order valence-electron chi connectivity index (χ3n) is 10.8. The van der Waals surface area contributed by atoms with Crippen LogP contribution in [0.4, 0.5) is 13.2 Å². The lowest BCUT2D eigenvalue weighted by molar-refractivity contribution is -0.309. The number of benzene rings is 1. The van der Waals surface area contributed by atoms with Crippen molar-refractivity contribution in [3.05, 3.63) is 23.8 Å². The molecule has 0 aromatic heterocycles. The van der Waals surface area contributed by atoms with E-state index in [0.29, 0.717) is 57.3 Å². The summed E-state index contributed by atoms with van der Waals surface area (Å²) in [5.41, 5.74) is -7.87. The van der Waals surface area contributed by atoms with Crippen molar-refractivity contribution in [1.82, 2.24) is 0 Å². The number of Topliss-reactive ketones (excluding diaryl/α,β-unsaturated/α-hetero) is 1. The number of alkyl halides is 3. The Balaban J connectivity index is 1.35. The molecule has 2 spiro atoms. The molecule has 12 heteroatoms. The first-order chi connectivity index (χ1) is 18.2. The van der Waals surface area contributed by atoms with Crippen LogP contribution in [0.3, 0.4) is 0 Å². The van der Waals surface area contributed by atoms with Crippen molar-refractivity contribution in [2.24, 2.45) is 23.2 Å². The lowest BCUT2D eigenvalue weighted by Gasteiger charge is -2.68. The van der Waals surface area contributed by atoms with Crippen LogP contribution in [0, 0.1) is 23.2 Å². The maximum Gasteiger partial charge on any atom is 0.534 e. The van der Waals surface area contributed by atoms with Gasteiger partial charge in [-0.2, -0.15) is 21.6 Å². The molecule has 1 aromatic carbocycles. The molecule has 4 saturated carbocycles. The molecular formula is C27H31F3O8S. The molecule has 0 radical (unpaired) electrons. The quantitative estimate of drug-likeness (QED) is 0.415. The highest BCUT2D eigenvalue weighted by Gasteiger charge is 2.74. The highest BCUT2D eigenvalue weighted by Crippen LogP contribution is 2.71. The predicted octanol–water partition coefficient (Wildman–Crippen LogP) is 4.20. The van der Waals surface area contributed by atoms with Crippen LogP contribution in [0.1, 0.15) is 69.8 Å². The molecule has 6 aliphatic rings. The number of fused-ring (bicyclic) bond motifs is 4. The molecule has 2 aliphatic heterocycles. The van der Waals surface area contributed by atoms with Crippen molar-refractivity contribution in [1.29, 1.82) is 0 Å². The van der Waals surface area contributed by atoms with Gasteiger partial charge in [-0.15, -0.1) is 0 Å². The number of rotatable bonds is 2. The number of hydrogen-bond acceptors (Lipinski definition) is 8. The van der Waals surface area contributed by atoms with Crippen molar-refractivity contribution in [3.63, 3.8) is 0 Å². The highest BCUT2D eigenvalue weighted by atomic mass is 32.2. The van der Waals surface area contributed by atoms with Gasteiger partial charge in [0.05, 0.1) is 13.2 Å². The Hall–Kier alpha value is -1.89. The van der Waals surface area contributed by atoms with Gasteiger partial charge in [-0.1, -0.05) is 13.0 Å². The van der Waals surface area contributed by atoms with Crippen molar-refractivity contribution in [2.45, 2.75) is 86.7 Å². The summed E-state index contributed by atoms with van der Waals surface area (Å²) >= 11 is 0. The van der Waals surface area contributed by atoms with Crippen LogP contribution < -0.4 is 8.92 Å². The molecule has 4 aliphatic carbocycles. The predicted molar refractivity (Wildman–Crippen MR) is 128 cm³/mol. The fraction of sp³-hybridized carbons (Fsp3) is 0.741. The Morgan fingerprint density at radius 2 is 1.85 bits per heavy atom. The van der Waals surface area contributed by atoms with Gasteiger partial charge < -0.3 is 23.5 Å². The smallest absolute Gasteiger partial charge is 0.483 e. The van der Waals surface area contributed by atoms with Crippen LogP contribution in [0.2, 0.25) is 0 Å². The van der Waals surface area contributed by atoms with Crippen LogP contribution in [-0.4, -0.2) is 55.0 Å². The average Bonchev–Trinajstić information content (AvgIpc) is 3.42. The molecule has 2 heterocycles. The molecule has 7 rings (SSSR count). The molecule has 8 nitrogen and oxygen atoms in total. The van der Waals surface area contributed by atoms with E-state index in [-0.39, 0.29) is 41.6 Å². The molecule has 1 aromatic rings. The normalized spacial score (nSPS) is 42.2. The van der Waals surface area contributed by atoms with Crippen molar-refractivity contribution >= 4 is 15.9 Å². The molecule has 39 heavy (non-hydrogen) atoms. The maximum absolute atomic E-state index is 13.2. The van der Waals surface area contributed by atoms with Crippen molar-refractivity contribution in [2.75, 3.05) is 13.2 Å². The molecule has 0 bridgehead atoms. The number of halogens is 3. The van der Waals surface area contributed by atoms with E-state index in [9.17, 15) is 31.5 Å². The van der Waals surface area contributed by atoms with E-state index in [2.05, 4.69) is 4.18 Å². The van der Waals surface area contributed by atoms with E-state index in [1.165, 1.54) is 12.1 Å². The first-order valence-electron chi connectivity index (χ1n) is 13.6. The minimum absolute atomic E-state index is 0.120. The van der Waals surface area contributed by atoms with Gasteiger partial charge >= 0.3 is 15.6 Å². The zero-order chi connectivity index (χ0) is 27.6. The second-order valence-corrected chi connectivity index (χ2v) is 14.1. The van der Waals surface area contributed by atoms with Crippen LogP contribution in [-0.2, 0) is 24.4 Å². The van der Waals surface area contributed by atoms with Gasteiger partial charge in [0.25, 0.3) is 0 Å². The summed E-state index contributed by atoms with van der Waals surface area (Å²) in [6.07, 6.45) is 4.02. The standard InChI is InChI=1S/C27H31F3O8S/c1-23-13-18-16-3-2-15(38-39(33,34)27(28,29)30)12-20(16)37-26-9-8-25(35-10-11-36-25)14-24(26,32)7-6-17(22(18)26)19(23)4-5-21(23)31/h2-3,12,17-19,22,32H,4-11,13-14H2,1H3/t17-,18+,19-,22+,23-,24+,26-/m0/s1. The summed E-state index contributed by atoms with van der Waals surface area (Å²) < 4.78 is 85.6. The number of ketones is 1. The average molecular weight is 573 g/mol. The minimum atomic E-state index is -5.88. The van der Waals surface area contributed by atoms with E-state index in [1.54, 1.807) is 6.07 Å². The van der Waals surface area contributed by atoms with Gasteiger partial charge in [0.1, 0.15) is 28.5 Å². The Bertz CT molecular complexity index is 1340. The molecule has 1 saturated heterocycles. The number of carbonyl (C=O) groups is 1. The molecule has 5 fully saturated rings. The third-order valence-corrected chi connectivity index (χ3v) is 11.8.